The summed E-state index contributed by atoms with van der Waals surface area (Å²) in [7, 11) is 4.21. The van der Waals surface area contributed by atoms with Gasteiger partial charge in [-0.25, -0.2) is 0 Å². The fraction of sp³-hybridized carbons (Fsp3) is 0.0769. The molecule has 78 valence electrons. The second kappa shape index (κ2) is 4.93. The summed E-state index contributed by atoms with van der Waals surface area (Å²) in [5, 5.41) is 0. The maximum absolute atomic E-state index is 5.73. The predicted octanol–water partition coefficient (Wildman–Crippen LogP) is -0.218. The van der Waals surface area contributed by atoms with Gasteiger partial charge >= 0.3 is 0 Å². The molecule has 0 aliphatic rings. The summed E-state index contributed by atoms with van der Waals surface area (Å²) < 4.78 is 5.73. The van der Waals surface area contributed by atoms with E-state index in [1.54, 1.807) is 0 Å². The minimum absolute atomic E-state index is 0.628. The second-order valence-electron chi connectivity index (χ2n) is 4.02. The van der Waals surface area contributed by atoms with Crippen LogP contribution in [0.4, 0.5) is 0 Å². The zero-order valence-corrected chi connectivity index (χ0v) is 9.73. The van der Waals surface area contributed by atoms with Crippen molar-refractivity contribution >= 4 is 26.6 Å². The molecule has 2 aromatic carbocycles. The Labute approximate surface area is 98.3 Å². The van der Waals surface area contributed by atoms with Gasteiger partial charge in [-0.1, -0.05) is 47.3 Å². The molecule has 2 rings (SSSR count). The molecule has 0 amide bonds. The molecule has 0 spiro atoms. The van der Waals surface area contributed by atoms with Crippen LogP contribution in [0.3, 0.4) is 0 Å². The number of rotatable bonds is 3. The highest BCUT2D eigenvalue weighted by Gasteiger charge is 1.97. The molecule has 1 nitrogen and oxygen atoms in total. The number of benzene rings is 2. The van der Waals surface area contributed by atoms with Gasteiger partial charge in [-0.05, 0) is 17.7 Å². The highest BCUT2D eigenvalue weighted by Crippen LogP contribution is 2.09. The third-order valence-electron chi connectivity index (χ3n) is 2.73. The highest BCUT2D eigenvalue weighted by atomic mass is 16.5. The van der Waals surface area contributed by atoms with Crippen LogP contribution in [0, 0.1) is 0 Å². The van der Waals surface area contributed by atoms with Crippen molar-refractivity contribution in [1.29, 1.82) is 0 Å². The Bertz CT molecular complexity index is 469. The van der Waals surface area contributed by atoms with Crippen LogP contribution < -0.4 is 15.7 Å². The van der Waals surface area contributed by atoms with Crippen LogP contribution in [-0.2, 0) is 6.61 Å². The number of hydrogen-bond acceptors (Lipinski definition) is 1. The normalized spacial score (nSPS) is 10.0. The lowest BCUT2D eigenvalue weighted by molar-refractivity contribution is 0.306. The molecule has 0 radical (unpaired) electrons. The molecule has 0 bridgehead atoms. The van der Waals surface area contributed by atoms with E-state index >= 15 is 0 Å². The third-order valence-corrected chi connectivity index (χ3v) is 2.73. The standard InChI is InChI=1S/C13H14B2O/c14-12-7-6-11(8-13(12)15)16-9-10-4-2-1-3-5-10/h1-8H,9,14-15H2. The quantitative estimate of drug-likeness (QED) is 0.633. The van der Waals surface area contributed by atoms with Gasteiger partial charge < -0.3 is 4.74 Å². The number of ether oxygens (including phenoxy) is 1. The monoisotopic (exact) mass is 208 g/mol. The van der Waals surface area contributed by atoms with E-state index in [2.05, 4.69) is 40.0 Å². The molecule has 3 heteroatoms. The minimum Gasteiger partial charge on any atom is -0.489 e. The van der Waals surface area contributed by atoms with E-state index in [-0.39, 0.29) is 0 Å². The van der Waals surface area contributed by atoms with E-state index in [0.717, 1.165) is 5.75 Å². The Balaban J connectivity index is 2.03. The lowest BCUT2D eigenvalue weighted by atomic mass is 9.81. The summed E-state index contributed by atoms with van der Waals surface area (Å²) in [4.78, 5) is 0. The molecule has 16 heavy (non-hydrogen) atoms. The Hall–Kier alpha value is -1.63. The van der Waals surface area contributed by atoms with Crippen molar-refractivity contribution in [2.45, 2.75) is 6.61 Å². The van der Waals surface area contributed by atoms with E-state index in [4.69, 9.17) is 4.74 Å². The van der Waals surface area contributed by atoms with Crippen molar-refractivity contribution in [2.75, 3.05) is 0 Å². The zero-order valence-electron chi connectivity index (χ0n) is 9.73. The summed E-state index contributed by atoms with van der Waals surface area (Å²) in [6.45, 7) is 0.628. The van der Waals surface area contributed by atoms with Crippen LogP contribution in [0.15, 0.2) is 48.5 Å². The van der Waals surface area contributed by atoms with Crippen molar-refractivity contribution in [3.63, 3.8) is 0 Å². The first kappa shape index (κ1) is 10.9. The molecule has 0 fully saturated rings. The topological polar surface area (TPSA) is 9.23 Å². The van der Waals surface area contributed by atoms with Crippen LogP contribution in [0.1, 0.15) is 5.56 Å². The molecule has 2 aromatic rings. The molecule has 0 saturated heterocycles. The lowest BCUT2D eigenvalue weighted by Gasteiger charge is -2.08. The first-order chi connectivity index (χ1) is 7.75. The van der Waals surface area contributed by atoms with E-state index in [0.29, 0.717) is 6.61 Å². The van der Waals surface area contributed by atoms with E-state index in [1.807, 2.05) is 24.3 Å². The van der Waals surface area contributed by atoms with Gasteiger partial charge in [0.25, 0.3) is 0 Å². The molecule has 0 atom stereocenters. The average molecular weight is 208 g/mol. The summed E-state index contributed by atoms with van der Waals surface area (Å²) in [6.07, 6.45) is 0. The second-order valence-corrected chi connectivity index (χ2v) is 4.02. The van der Waals surface area contributed by atoms with Gasteiger partial charge in [0.05, 0.1) is 0 Å². The maximum Gasteiger partial charge on any atom is 0.138 e. The van der Waals surface area contributed by atoms with Crippen molar-refractivity contribution in [3.8, 4) is 5.75 Å². The Kier molecular flexibility index (Phi) is 3.35. The largest absolute Gasteiger partial charge is 0.489 e. The molecule has 0 aliphatic heterocycles. The van der Waals surface area contributed by atoms with Crippen molar-refractivity contribution in [3.05, 3.63) is 54.1 Å². The van der Waals surface area contributed by atoms with Gasteiger partial charge in [0.2, 0.25) is 0 Å². The Morgan fingerprint density at radius 1 is 0.875 bits per heavy atom. The van der Waals surface area contributed by atoms with Crippen molar-refractivity contribution < 1.29 is 4.74 Å². The fourth-order valence-electron chi connectivity index (χ4n) is 1.54. The van der Waals surface area contributed by atoms with Crippen molar-refractivity contribution in [2.24, 2.45) is 0 Å². The molecular formula is C13H14B2O. The molecule has 0 unspecified atom stereocenters. The average Bonchev–Trinajstić information content (AvgIpc) is 2.32. The van der Waals surface area contributed by atoms with E-state index in [9.17, 15) is 0 Å². The summed E-state index contributed by atoms with van der Waals surface area (Å²) in [5.41, 5.74) is 3.76. The summed E-state index contributed by atoms with van der Waals surface area (Å²) in [6, 6.07) is 16.4. The van der Waals surface area contributed by atoms with Crippen LogP contribution >= 0.6 is 0 Å². The smallest absolute Gasteiger partial charge is 0.138 e. The Morgan fingerprint density at radius 2 is 1.62 bits per heavy atom. The van der Waals surface area contributed by atoms with Gasteiger partial charge in [0.1, 0.15) is 28.0 Å². The van der Waals surface area contributed by atoms with Crippen LogP contribution in [-0.4, -0.2) is 15.7 Å². The van der Waals surface area contributed by atoms with Gasteiger partial charge in [-0.3, -0.25) is 0 Å². The highest BCUT2D eigenvalue weighted by molar-refractivity contribution is 6.48. The molecule has 0 aliphatic carbocycles. The molecular weight excluding hydrogens is 194 g/mol. The summed E-state index contributed by atoms with van der Waals surface area (Å²) >= 11 is 0. The first-order valence-electron chi connectivity index (χ1n) is 5.50. The third kappa shape index (κ3) is 2.69. The maximum atomic E-state index is 5.73. The lowest BCUT2D eigenvalue weighted by Crippen LogP contribution is -2.24. The molecule has 0 heterocycles. The van der Waals surface area contributed by atoms with Crippen LogP contribution in [0.25, 0.3) is 0 Å². The van der Waals surface area contributed by atoms with E-state index in [1.165, 1.54) is 16.5 Å². The predicted molar refractivity (Wildman–Crippen MR) is 73.6 cm³/mol. The van der Waals surface area contributed by atoms with Crippen LogP contribution in [0.2, 0.25) is 0 Å². The number of hydrogen-bond donors (Lipinski definition) is 0. The van der Waals surface area contributed by atoms with Crippen LogP contribution in [0.5, 0.6) is 5.75 Å². The fourth-order valence-corrected chi connectivity index (χ4v) is 1.54. The van der Waals surface area contributed by atoms with Gasteiger partial charge in [0.15, 0.2) is 0 Å². The van der Waals surface area contributed by atoms with E-state index < -0.39 is 0 Å². The SMILES string of the molecule is Bc1ccc(OCc2ccccc2)cc1B. The minimum atomic E-state index is 0.628. The first-order valence-corrected chi connectivity index (χ1v) is 5.50. The molecule has 0 aromatic heterocycles. The summed E-state index contributed by atoms with van der Waals surface area (Å²) in [5.74, 6) is 0.937. The van der Waals surface area contributed by atoms with Gasteiger partial charge in [0, 0.05) is 0 Å². The molecule has 0 N–H and O–H groups in total. The van der Waals surface area contributed by atoms with Crippen molar-refractivity contribution in [1.82, 2.24) is 0 Å². The molecule has 0 saturated carbocycles. The Morgan fingerprint density at radius 3 is 2.31 bits per heavy atom. The zero-order chi connectivity index (χ0) is 11.4. The van der Waals surface area contributed by atoms with Gasteiger partial charge in [-0.15, -0.1) is 0 Å². The van der Waals surface area contributed by atoms with Gasteiger partial charge in [-0.2, -0.15) is 0 Å².